The Balaban J connectivity index is 1.58. The summed E-state index contributed by atoms with van der Waals surface area (Å²) in [5.41, 5.74) is 0.595. The Morgan fingerprint density at radius 3 is 2.28 bits per heavy atom. The van der Waals surface area contributed by atoms with Crippen LogP contribution in [0, 0.1) is 0 Å². The van der Waals surface area contributed by atoms with Gasteiger partial charge < -0.3 is 14.8 Å². The third-order valence-corrected chi connectivity index (χ3v) is 8.14. The number of nitrogens with one attached hydrogen (secondary N) is 1. The molecule has 1 heterocycles. The fourth-order valence-corrected chi connectivity index (χ4v) is 6.09. The summed E-state index contributed by atoms with van der Waals surface area (Å²) < 4.78 is 53.8. The van der Waals surface area contributed by atoms with Crippen molar-refractivity contribution in [2.75, 3.05) is 18.6 Å². The van der Waals surface area contributed by atoms with Crippen LogP contribution in [0.15, 0.2) is 48.5 Å². The SMILES string of the molecule is CCOc1ccc(N(C(=O)Cn2nc(C(F)(F)F)c3c2CCCC3)C(C(=O)NC2CCCC2)c2ccc(OC)cc2)cc1. The topological polar surface area (TPSA) is 85.7 Å². The van der Waals surface area contributed by atoms with E-state index < -0.39 is 30.4 Å². The van der Waals surface area contributed by atoms with Crippen molar-refractivity contribution < 1.29 is 32.2 Å². The molecule has 3 aromatic rings. The number of hydrogen-bond donors (Lipinski definition) is 1. The van der Waals surface area contributed by atoms with E-state index in [4.69, 9.17) is 9.47 Å². The van der Waals surface area contributed by atoms with Crippen LogP contribution >= 0.6 is 0 Å². The molecule has 2 aliphatic rings. The summed E-state index contributed by atoms with van der Waals surface area (Å²) in [4.78, 5) is 29.7. The molecule has 2 aromatic carbocycles. The zero-order chi connectivity index (χ0) is 30.6. The highest BCUT2D eigenvalue weighted by molar-refractivity contribution is 6.01. The first kappa shape index (κ1) is 30.4. The molecular weight excluding hydrogens is 561 g/mol. The van der Waals surface area contributed by atoms with Gasteiger partial charge in [0.05, 0.1) is 13.7 Å². The normalized spacial score (nSPS) is 15.9. The predicted molar refractivity (Wildman–Crippen MR) is 155 cm³/mol. The average Bonchev–Trinajstić information content (AvgIpc) is 3.64. The van der Waals surface area contributed by atoms with Crippen molar-refractivity contribution in [3.05, 3.63) is 71.0 Å². The van der Waals surface area contributed by atoms with Gasteiger partial charge in [0.1, 0.15) is 24.1 Å². The fraction of sp³-hybridized carbons (Fsp3) is 0.469. The molecule has 1 atom stereocenters. The Morgan fingerprint density at radius 1 is 1.00 bits per heavy atom. The summed E-state index contributed by atoms with van der Waals surface area (Å²) in [6.07, 6.45) is 1.09. The van der Waals surface area contributed by atoms with Crippen molar-refractivity contribution in [3.8, 4) is 11.5 Å². The number of hydrogen-bond acceptors (Lipinski definition) is 5. The van der Waals surface area contributed by atoms with E-state index >= 15 is 0 Å². The second-order valence-corrected chi connectivity index (χ2v) is 11.0. The molecule has 0 radical (unpaired) electrons. The third kappa shape index (κ3) is 6.81. The minimum Gasteiger partial charge on any atom is -0.497 e. The van der Waals surface area contributed by atoms with E-state index in [1.165, 1.54) is 16.7 Å². The first-order valence-corrected chi connectivity index (χ1v) is 14.8. The molecule has 2 aliphatic carbocycles. The van der Waals surface area contributed by atoms with E-state index in [1.807, 2.05) is 6.92 Å². The number of alkyl halides is 3. The minimum absolute atomic E-state index is 0.0157. The summed E-state index contributed by atoms with van der Waals surface area (Å²) in [6, 6.07) is 12.5. The maximum Gasteiger partial charge on any atom is 0.435 e. The molecule has 0 aliphatic heterocycles. The van der Waals surface area contributed by atoms with Gasteiger partial charge in [0.15, 0.2) is 5.69 Å². The van der Waals surface area contributed by atoms with Gasteiger partial charge in [-0.25, -0.2) is 0 Å². The molecule has 5 rings (SSSR count). The van der Waals surface area contributed by atoms with Crippen LogP contribution in [0.5, 0.6) is 11.5 Å². The summed E-state index contributed by atoms with van der Waals surface area (Å²) in [5, 5.41) is 7.03. The van der Waals surface area contributed by atoms with Crippen molar-refractivity contribution in [3.63, 3.8) is 0 Å². The molecule has 0 bridgehead atoms. The van der Waals surface area contributed by atoms with E-state index in [0.29, 0.717) is 54.3 Å². The van der Waals surface area contributed by atoms with E-state index in [2.05, 4.69) is 10.4 Å². The zero-order valence-electron chi connectivity index (χ0n) is 24.5. The Morgan fingerprint density at radius 2 is 1.65 bits per heavy atom. The van der Waals surface area contributed by atoms with Gasteiger partial charge in [-0.15, -0.1) is 0 Å². The van der Waals surface area contributed by atoms with Gasteiger partial charge >= 0.3 is 6.18 Å². The van der Waals surface area contributed by atoms with E-state index in [0.717, 1.165) is 25.7 Å². The number of anilines is 1. The van der Waals surface area contributed by atoms with Crippen LogP contribution in [0.1, 0.15) is 74.0 Å². The summed E-state index contributed by atoms with van der Waals surface area (Å²) in [7, 11) is 1.54. The molecular formula is C32H37F3N4O4. The van der Waals surface area contributed by atoms with E-state index in [1.54, 1.807) is 48.5 Å². The monoisotopic (exact) mass is 598 g/mol. The van der Waals surface area contributed by atoms with Gasteiger partial charge in [-0.3, -0.25) is 19.2 Å². The number of fused-ring (bicyclic) bond motifs is 1. The van der Waals surface area contributed by atoms with Crippen LogP contribution in [0.25, 0.3) is 0 Å². The third-order valence-electron chi connectivity index (χ3n) is 8.14. The largest absolute Gasteiger partial charge is 0.497 e. The minimum atomic E-state index is -4.63. The molecule has 8 nitrogen and oxygen atoms in total. The second kappa shape index (κ2) is 13.1. The van der Waals surface area contributed by atoms with Crippen molar-refractivity contribution in [2.24, 2.45) is 0 Å². The highest BCUT2D eigenvalue weighted by Crippen LogP contribution is 2.37. The number of amides is 2. The summed E-state index contributed by atoms with van der Waals surface area (Å²) in [6.45, 7) is 1.86. The van der Waals surface area contributed by atoms with Crippen molar-refractivity contribution in [1.29, 1.82) is 0 Å². The lowest BCUT2D eigenvalue weighted by Crippen LogP contribution is -2.47. The van der Waals surface area contributed by atoms with Crippen LogP contribution in [0.4, 0.5) is 18.9 Å². The number of nitrogens with zero attached hydrogens (tertiary/aromatic N) is 3. The molecule has 1 saturated carbocycles. The quantitative estimate of drug-likeness (QED) is 0.309. The molecule has 0 spiro atoms. The number of ether oxygens (including phenoxy) is 2. The van der Waals surface area contributed by atoms with Gasteiger partial charge in [0.2, 0.25) is 11.8 Å². The van der Waals surface area contributed by atoms with Gasteiger partial charge in [-0.05, 0) is 87.4 Å². The van der Waals surface area contributed by atoms with Crippen molar-refractivity contribution in [1.82, 2.24) is 15.1 Å². The van der Waals surface area contributed by atoms with Gasteiger partial charge in [-0.1, -0.05) is 25.0 Å². The second-order valence-electron chi connectivity index (χ2n) is 11.0. The summed E-state index contributed by atoms with van der Waals surface area (Å²) >= 11 is 0. The maximum absolute atomic E-state index is 14.3. The first-order valence-electron chi connectivity index (χ1n) is 14.8. The number of methoxy groups -OCH3 is 1. The average molecular weight is 599 g/mol. The van der Waals surface area contributed by atoms with Gasteiger partial charge in [0, 0.05) is 23.0 Å². The van der Waals surface area contributed by atoms with Gasteiger partial charge in [-0.2, -0.15) is 18.3 Å². The molecule has 1 fully saturated rings. The highest BCUT2D eigenvalue weighted by Gasteiger charge is 2.41. The summed E-state index contributed by atoms with van der Waals surface area (Å²) in [5.74, 6) is 0.250. The molecule has 230 valence electrons. The first-order chi connectivity index (χ1) is 20.7. The van der Waals surface area contributed by atoms with Gasteiger partial charge in [0.25, 0.3) is 0 Å². The van der Waals surface area contributed by atoms with Crippen LogP contribution in [-0.2, 0) is 35.2 Å². The van der Waals surface area contributed by atoms with E-state index in [9.17, 15) is 22.8 Å². The standard InChI is InChI=1S/C32H37F3N4O4/c1-3-43-25-18-14-23(15-19-25)39(28(40)20-38-27-11-7-6-10-26(27)30(37-38)32(33,34)35)29(21-12-16-24(42-2)17-13-21)31(41)36-22-8-4-5-9-22/h12-19,22,29H,3-11,20H2,1-2H3,(H,36,41). The molecule has 1 N–H and O–H groups in total. The molecule has 0 saturated heterocycles. The number of rotatable bonds is 10. The number of benzene rings is 2. The maximum atomic E-state index is 14.3. The van der Waals surface area contributed by atoms with Crippen LogP contribution < -0.4 is 19.7 Å². The molecule has 1 unspecified atom stereocenters. The zero-order valence-corrected chi connectivity index (χ0v) is 24.5. The Hall–Kier alpha value is -4.02. The lowest BCUT2D eigenvalue weighted by atomic mass is 9.95. The Kier molecular flexibility index (Phi) is 9.27. The van der Waals surface area contributed by atoms with Crippen molar-refractivity contribution >= 4 is 17.5 Å². The predicted octanol–water partition coefficient (Wildman–Crippen LogP) is 6.02. The molecule has 2 amide bonds. The van der Waals surface area contributed by atoms with E-state index in [-0.39, 0.29) is 23.9 Å². The van der Waals surface area contributed by atoms with Crippen LogP contribution in [0.2, 0.25) is 0 Å². The number of aromatic nitrogens is 2. The molecule has 11 heteroatoms. The fourth-order valence-electron chi connectivity index (χ4n) is 6.09. The van der Waals surface area contributed by atoms with Crippen molar-refractivity contribution in [2.45, 2.75) is 83.1 Å². The Labute approximate surface area is 249 Å². The molecule has 1 aromatic heterocycles. The number of carbonyl (C=O) groups excluding carboxylic acids is 2. The lowest BCUT2D eigenvalue weighted by Gasteiger charge is -2.33. The lowest BCUT2D eigenvalue weighted by molar-refractivity contribution is -0.142. The number of carbonyl (C=O) groups is 2. The van der Waals surface area contributed by atoms with Crippen LogP contribution in [0.3, 0.4) is 0 Å². The smallest absolute Gasteiger partial charge is 0.435 e. The molecule has 43 heavy (non-hydrogen) atoms. The Bertz CT molecular complexity index is 1410. The number of halogens is 3. The van der Waals surface area contributed by atoms with Crippen LogP contribution in [-0.4, -0.2) is 41.4 Å². The highest BCUT2D eigenvalue weighted by atomic mass is 19.4.